The summed E-state index contributed by atoms with van der Waals surface area (Å²) in [6.45, 7) is 5.98. The van der Waals surface area contributed by atoms with Crippen molar-refractivity contribution < 1.29 is 4.74 Å². The van der Waals surface area contributed by atoms with Crippen molar-refractivity contribution in [2.24, 2.45) is 0 Å². The highest BCUT2D eigenvalue weighted by atomic mass is 16.5. The van der Waals surface area contributed by atoms with Crippen LogP contribution in [0.25, 0.3) is 0 Å². The Bertz CT molecular complexity index is 268. The highest BCUT2D eigenvalue weighted by molar-refractivity contribution is 5.23. The van der Waals surface area contributed by atoms with Gasteiger partial charge in [0.1, 0.15) is 0 Å². The summed E-state index contributed by atoms with van der Waals surface area (Å²) < 4.78 is 5.03. The Morgan fingerprint density at radius 2 is 1.93 bits per heavy atom. The van der Waals surface area contributed by atoms with Gasteiger partial charge in [0.05, 0.1) is 6.61 Å². The minimum absolute atomic E-state index is 0.445. The molecule has 0 spiro atoms. The molecule has 0 amide bonds. The zero-order chi connectivity index (χ0) is 11.1. The summed E-state index contributed by atoms with van der Waals surface area (Å²) in [6.07, 6.45) is 1.10. The Morgan fingerprint density at radius 1 is 1.27 bits per heavy atom. The Morgan fingerprint density at radius 3 is 2.47 bits per heavy atom. The van der Waals surface area contributed by atoms with Crippen molar-refractivity contribution in [1.82, 2.24) is 5.32 Å². The first-order valence-corrected chi connectivity index (χ1v) is 5.56. The SMILES string of the molecule is CC[C@H](NCCOC)c1ccc(C)cc1. The van der Waals surface area contributed by atoms with Gasteiger partial charge in [0.2, 0.25) is 0 Å². The minimum Gasteiger partial charge on any atom is -0.383 e. The Kier molecular flexibility index (Phi) is 5.37. The van der Waals surface area contributed by atoms with Gasteiger partial charge in [0, 0.05) is 19.7 Å². The van der Waals surface area contributed by atoms with Gasteiger partial charge in [-0.25, -0.2) is 0 Å². The van der Waals surface area contributed by atoms with E-state index in [1.54, 1.807) is 7.11 Å². The molecule has 0 saturated heterocycles. The second-order valence-corrected chi connectivity index (χ2v) is 3.82. The molecular formula is C13H21NO. The molecule has 0 aliphatic rings. The molecule has 0 heterocycles. The fourth-order valence-electron chi connectivity index (χ4n) is 1.63. The molecule has 1 atom stereocenters. The van der Waals surface area contributed by atoms with Crippen LogP contribution in [0.1, 0.15) is 30.5 Å². The number of hydrogen-bond acceptors (Lipinski definition) is 2. The van der Waals surface area contributed by atoms with E-state index in [2.05, 4.69) is 43.4 Å². The molecule has 0 aliphatic heterocycles. The number of ether oxygens (including phenoxy) is 1. The van der Waals surface area contributed by atoms with Gasteiger partial charge in [0.25, 0.3) is 0 Å². The quantitative estimate of drug-likeness (QED) is 0.724. The molecule has 0 fully saturated rings. The van der Waals surface area contributed by atoms with Crippen molar-refractivity contribution in [3.8, 4) is 0 Å². The van der Waals surface area contributed by atoms with Crippen LogP contribution >= 0.6 is 0 Å². The molecule has 0 bridgehead atoms. The average Bonchev–Trinajstić information content (AvgIpc) is 2.26. The molecule has 15 heavy (non-hydrogen) atoms. The van der Waals surface area contributed by atoms with Gasteiger partial charge in [-0.05, 0) is 18.9 Å². The first kappa shape index (κ1) is 12.2. The van der Waals surface area contributed by atoms with E-state index >= 15 is 0 Å². The molecule has 2 nitrogen and oxygen atoms in total. The van der Waals surface area contributed by atoms with Crippen molar-refractivity contribution in [2.75, 3.05) is 20.3 Å². The zero-order valence-electron chi connectivity index (χ0n) is 9.92. The minimum atomic E-state index is 0.445. The maximum atomic E-state index is 5.03. The van der Waals surface area contributed by atoms with Gasteiger partial charge in [-0.1, -0.05) is 36.8 Å². The van der Waals surface area contributed by atoms with Crippen LogP contribution in [0.3, 0.4) is 0 Å². The number of aryl methyl sites for hydroxylation is 1. The number of hydrogen-bond donors (Lipinski definition) is 1. The maximum absolute atomic E-state index is 5.03. The molecule has 0 aliphatic carbocycles. The molecule has 1 N–H and O–H groups in total. The smallest absolute Gasteiger partial charge is 0.0587 e. The van der Waals surface area contributed by atoms with E-state index in [1.807, 2.05) is 0 Å². The van der Waals surface area contributed by atoms with E-state index in [9.17, 15) is 0 Å². The molecule has 1 aromatic carbocycles. The van der Waals surface area contributed by atoms with Gasteiger partial charge in [0.15, 0.2) is 0 Å². The van der Waals surface area contributed by atoms with E-state index in [0.29, 0.717) is 6.04 Å². The van der Waals surface area contributed by atoms with Gasteiger partial charge >= 0.3 is 0 Å². The number of benzene rings is 1. The normalized spacial score (nSPS) is 12.7. The van der Waals surface area contributed by atoms with Crippen LogP contribution in [0.4, 0.5) is 0 Å². The zero-order valence-corrected chi connectivity index (χ0v) is 9.92. The molecule has 1 rings (SSSR count). The van der Waals surface area contributed by atoms with Crippen molar-refractivity contribution in [2.45, 2.75) is 26.3 Å². The number of methoxy groups -OCH3 is 1. The maximum Gasteiger partial charge on any atom is 0.0587 e. The van der Waals surface area contributed by atoms with Crippen molar-refractivity contribution in [1.29, 1.82) is 0 Å². The van der Waals surface area contributed by atoms with Gasteiger partial charge in [-0.15, -0.1) is 0 Å². The van der Waals surface area contributed by atoms with Crippen LogP contribution in [0.5, 0.6) is 0 Å². The predicted molar refractivity (Wildman–Crippen MR) is 64.1 cm³/mol. The van der Waals surface area contributed by atoms with E-state index in [4.69, 9.17) is 4.74 Å². The summed E-state index contributed by atoms with van der Waals surface area (Å²) in [5, 5.41) is 3.48. The number of rotatable bonds is 6. The highest BCUT2D eigenvalue weighted by Crippen LogP contribution is 2.16. The molecule has 2 heteroatoms. The van der Waals surface area contributed by atoms with Crippen LogP contribution in [0.2, 0.25) is 0 Å². The molecular weight excluding hydrogens is 186 g/mol. The van der Waals surface area contributed by atoms with Gasteiger partial charge in [-0.2, -0.15) is 0 Å². The predicted octanol–water partition coefficient (Wildman–Crippen LogP) is 2.68. The summed E-state index contributed by atoms with van der Waals surface area (Å²) in [5.41, 5.74) is 2.67. The highest BCUT2D eigenvalue weighted by Gasteiger charge is 2.06. The third kappa shape index (κ3) is 4.02. The van der Waals surface area contributed by atoms with Crippen molar-refractivity contribution >= 4 is 0 Å². The van der Waals surface area contributed by atoms with Crippen LogP contribution in [-0.4, -0.2) is 20.3 Å². The van der Waals surface area contributed by atoms with E-state index in [1.165, 1.54) is 11.1 Å². The standard InChI is InChI=1S/C13H21NO/c1-4-13(14-9-10-15-3)12-7-5-11(2)6-8-12/h5-8,13-14H,4,9-10H2,1-3H3/t13-/m0/s1. The largest absolute Gasteiger partial charge is 0.383 e. The fraction of sp³-hybridized carbons (Fsp3) is 0.538. The van der Waals surface area contributed by atoms with Gasteiger partial charge in [-0.3, -0.25) is 0 Å². The molecule has 84 valence electrons. The summed E-state index contributed by atoms with van der Waals surface area (Å²) in [6, 6.07) is 9.17. The summed E-state index contributed by atoms with van der Waals surface area (Å²) >= 11 is 0. The summed E-state index contributed by atoms with van der Waals surface area (Å²) in [4.78, 5) is 0. The van der Waals surface area contributed by atoms with E-state index in [0.717, 1.165) is 19.6 Å². The van der Waals surface area contributed by atoms with Crippen LogP contribution in [-0.2, 0) is 4.74 Å². The van der Waals surface area contributed by atoms with E-state index in [-0.39, 0.29) is 0 Å². The first-order valence-electron chi connectivity index (χ1n) is 5.56. The molecule has 0 aromatic heterocycles. The lowest BCUT2D eigenvalue weighted by Crippen LogP contribution is -2.24. The lowest BCUT2D eigenvalue weighted by molar-refractivity contribution is 0.195. The van der Waals surface area contributed by atoms with Gasteiger partial charge < -0.3 is 10.1 Å². The first-order chi connectivity index (χ1) is 7.27. The van der Waals surface area contributed by atoms with Crippen LogP contribution < -0.4 is 5.32 Å². The second kappa shape index (κ2) is 6.59. The molecule has 0 saturated carbocycles. The molecule has 1 aromatic rings. The fourth-order valence-corrected chi connectivity index (χ4v) is 1.63. The molecule has 0 unspecified atom stereocenters. The molecule has 0 radical (unpaired) electrons. The third-order valence-electron chi connectivity index (χ3n) is 2.58. The lowest BCUT2D eigenvalue weighted by atomic mass is 10.0. The Labute approximate surface area is 92.6 Å². The summed E-state index contributed by atoms with van der Waals surface area (Å²) in [5.74, 6) is 0. The van der Waals surface area contributed by atoms with Crippen molar-refractivity contribution in [3.05, 3.63) is 35.4 Å². The average molecular weight is 207 g/mol. The third-order valence-corrected chi connectivity index (χ3v) is 2.58. The lowest BCUT2D eigenvalue weighted by Gasteiger charge is -2.17. The second-order valence-electron chi connectivity index (χ2n) is 3.82. The number of nitrogens with one attached hydrogen (secondary N) is 1. The van der Waals surface area contributed by atoms with Crippen molar-refractivity contribution in [3.63, 3.8) is 0 Å². The monoisotopic (exact) mass is 207 g/mol. The van der Waals surface area contributed by atoms with Crippen LogP contribution in [0.15, 0.2) is 24.3 Å². The van der Waals surface area contributed by atoms with E-state index < -0.39 is 0 Å². The van der Waals surface area contributed by atoms with Crippen LogP contribution in [0, 0.1) is 6.92 Å². The Balaban J connectivity index is 2.53. The summed E-state index contributed by atoms with van der Waals surface area (Å²) in [7, 11) is 1.73. The Hall–Kier alpha value is -0.860. The topological polar surface area (TPSA) is 21.3 Å².